The lowest BCUT2D eigenvalue weighted by Crippen LogP contribution is -2.46. The van der Waals surface area contributed by atoms with Crippen LogP contribution in [0.25, 0.3) is 17.0 Å². The van der Waals surface area contributed by atoms with Crippen molar-refractivity contribution in [1.29, 1.82) is 0 Å². The molecule has 1 atom stereocenters. The highest BCUT2D eigenvalue weighted by Crippen LogP contribution is 2.39. The van der Waals surface area contributed by atoms with Gasteiger partial charge in [0.25, 0.3) is 5.89 Å². The van der Waals surface area contributed by atoms with Gasteiger partial charge in [-0.3, -0.25) is 4.90 Å². The van der Waals surface area contributed by atoms with Crippen LogP contribution in [0.1, 0.15) is 30.0 Å². The summed E-state index contributed by atoms with van der Waals surface area (Å²) in [5.74, 6) is -0.454. The Bertz CT molecular complexity index is 1420. The number of carbonyl (C=O) groups excluding carboxylic acids is 1. The van der Waals surface area contributed by atoms with Gasteiger partial charge in [0.1, 0.15) is 11.6 Å². The van der Waals surface area contributed by atoms with Crippen molar-refractivity contribution in [1.82, 2.24) is 15.5 Å². The molecule has 4 aromatic rings. The van der Waals surface area contributed by atoms with Crippen LogP contribution >= 0.6 is 0 Å². The van der Waals surface area contributed by atoms with Crippen LogP contribution in [0, 0.1) is 18.6 Å². The Kier molecular flexibility index (Phi) is 5.41. The number of halogens is 2. The van der Waals surface area contributed by atoms with Crippen LogP contribution in [0.15, 0.2) is 83.0 Å². The summed E-state index contributed by atoms with van der Waals surface area (Å²) in [4.78, 5) is 19.1. The maximum Gasteiger partial charge on any atom is 0.327 e. The molecular weight excluding hydrogens is 438 g/mol. The van der Waals surface area contributed by atoms with E-state index in [0.717, 1.165) is 5.56 Å². The molecule has 0 saturated heterocycles. The number of benzene rings is 3. The van der Waals surface area contributed by atoms with Crippen LogP contribution < -0.4 is 10.2 Å². The van der Waals surface area contributed by atoms with Gasteiger partial charge in [0, 0.05) is 11.3 Å². The highest BCUT2D eigenvalue weighted by atomic mass is 19.1. The number of urea groups is 1. The zero-order chi connectivity index (χ0) is 23.8. The summed E-state index contributed by atoms with van der Waals surface area (Å²) in [7, 11) is 0. The van der Waals surface area contributed by atoms with E-state index in [1.54, 1.807) is 38.1 Å². The van der Waals surface area contributed by atoms with Gasteiger partial charge in [-0.15, -0.1) is 0 Å². The molecule has 5 rings (SSSR count). The molecule has 1 aliphatic heterocycles. The standard InChI is InChI=1S/C26H20F2N4O2/c1-15-11-12-20(14-21(15)28)32-16(2)22(23(29-26(32)33)17-7-4-3-5-8-17)25-30-24(31-34-25)18-9-6-10-19(27)13-18/h3-14,23H,1-2H3,(H,29,33). The average Bonchev–Trinajstić information content (AvgIpc) is 3.31. The summed E-state index contributed by atoms with van der Waals surface area (Å²) in [6.07, 6.45) is 0. The van der Waals surface area contributed by atoms with E-state index in [1.807, 2.05) is 30.3 Å². The van der Waals surface area contributed by atoms with Gasteiger partial charge < -0.3 is 9.84 Å². The first-order valence-corrected chi connectivity index (χ1v) is 10.6. The number of nitrogens with one attached hydrogen (secondary N) is 1. The van der Waals surface area contributed by atoms with Crippen molar-refractivity contribution >= 4 is 17.3 Å². The molecule has 0 radical (unpaired) electrons. The first-order valence-electron chi connectivity index (χ1n) is 10.6. The Hall–Kier alpha value is -4.33. The SMILES string of the molecule is CC1=C(c2nc(-c3cccc(F)c3)no2)C(c2ccccc2)NC(=O)N1c1ccc(C)c(F)c1. The Morgan fingerprint density at radius 1 is 0.971 bits per heavy atom. The number of amides is 2. The molecule has 0 saturated carbocycles. The number of aromatic nitrogens is 2. The van der Waals surface area contributed by atoms with Crippen molar-refractivity contribution in [2.45, 2.75) is 19.9 Å². The highest BCUT2D eigenvalue weighted by molar-refractivity contribution is 6.01. The zero-order valence-corrected chi connectivity index (χ0v) is 18.4. The van der Waals surface area contributed by atoms with Crippen molar-refractivity contribution in [2.75, 3.05) is 4.90 Å². The van der Waals surface area contributed by atoms with Gasteiger partial charge in [-0.05, 0) is 49.2 Å². The number of anilines is 1. The molecule has 0 fully saturated rings. The summed E-state index contributed by atoms with van der Waals surface area (Å²) in [5, 5.41) is 7.00. The quantitative estimate of drug-likeness (QED) is 0.406. The van der Waals surface area contributed by atoms with Gasteiger partial charge in [-0.1, -0.05) is 53.7 Å². The predicted octanol–water partition coefficient (Wildman–Crippen LogP) is 6.03. The van der Waals surface area contributed by atoms with Crippen molar-refractivity contribution in [3.8, 4) is 11.4 Å². The summed E-state index contributed by atoms with van der Waals surface area (Å²) in [6.45, 7) is 3.40. The molecule has 0 bridgehead atoms. The van der Waals surface area contributed by atoms with Gasteiger partial charge in [-0.2, -0.15) is 4.98 Å². The number of nitrogens with zero attached hydrogens (tertiary/aromatic N) is 3. The van der Waals surface area contributed by atoms with E-state index in [9.17, 15) is 13.6 Å². The van der Waals surface area contributed by atoms with Crippen LogP contribution in [0.4, 0.5) is 19.3 Å². The van der Waals surface area contributed by atoms with E-state index in [2.05, 4.69) is 15.5 Å². The van der Waals surface area contributed by atoms with Gasteiger partial charge in [-0.25, -0.2) is 13.6 Å². The van der Waals surface area contributed by atoms with Crippen molar-refractivity contribution in [2.24, 2.45) is 0 Å². The maximum absolute atomic E-state index is 14.3. The summed E-state index contributed by atoms with van der Waals surface area (Å²) >= 11 is 0. The summed E-state index contributed by atoms with van der Waals surface area (Å²) < 4.78 is 33.6. The average molecular weight is 458 g/mol. The van der Waals surface area contributed by atoms with Gasteiger partial charge in [0.05, 0.1) is 17.3 Å². The molecule has 3 aromatic carbocycles. The number of allylic oxidation sites excluding steroid dienone is 1. The van der Waals surface area contributed by atoms with E-state index in [-0.39, 0.29) is 11.7 Å². The molecule has 0 aliphatic carbocycles. The third-order valence-electron chi connectivity index (χ3n) is 5.77. The topological polar surface area (TPSA) is 71.3 Å². The lowest BCUT2D eigenvalue weighted by molar-refractivity contribution is 0.244. The van der Waals surface area contributed by atoms with Crippen molar-refractivity contribution < 1.29 is 18.1 Å². The van der Waals surface area contributed by atoms with E-state index < -0.39 is 23.7 Å². The largest absolute Gasteiger partial charge is 0.334 e. The second-order valence-corrected chi connectivity index (χ2v) is 7.99. The number of aryl methyl sites for hydroxylation is 1. The van der Waals surface area contributed by atoms with Crippen molar-refractivity contribution in [3.05, 3.63) is 107 Å². The van der Waals surface area contributed by atoms with E-state index in [1.165, 1.54) is 23.1 Å². The molecule has 1 N–H and O–H groups in total. The molecule has 170 valence electrons. The van der Waals surface area contributed by atoms with Gasteiger partial charge >= 0.3 is 6.03 Å². The second kappa shape index (κ2) is 8.55. The van der Waals surface area contributed by atoms with E-state index in [4.69, 9.17) is 4.52 Å². The van der Waals surface area contributed by atoms with Gasteiger partial charge in [0.2, 0.25) is 5.82 Å². The normalized spacial score (nSPS) is 16.1. The van der Waals surface area contributed by atoms with Crippen LogP contribution in [-0.4, -0.2) is 16.2 Å². The lowest BCUT2D eigenvalue weighted by atomic mass is 9.94. The lowest BCUT2D eigenvalue weighted by Gasteiger charge is -2.35. The fraction of sp³-hybridized carbons (Fsp3) is 0.115. The minimum Gasteiger partial charge on any atom is -0.334 e. The number of carbonyl (C=O) groups is 1. The molecule has 2 heterocycles. The minimum atomic E-state index is -0.582. The first kappa shape index (κ1) is 21.5. The molecule has 1 unspecified atom stereocenters. The molecule has 0 spiro atoms. The Morgan fingerprint density at radius 3 is 2.50 bits per heavy atom. The Balaban J connectivity index is 1.66. The molecular formula is C26H20F2N4O2. The van der Waals surface area contributed by atoms with Crippen LogP contribution in [-0.2, 0) is 0 Å². The fourth-order valence-corrected chi connectivity index (χ4v) is 4.03. The molecule has 6 nitrogen and oxygen atoms in total. The highest BCUT2D eigenvalue weighted by Gasteiger charge is 2.36. The summed E-state index contributed by atoms with van der Waals surface area (Å²) in [5.41, 5.74) is 3.18. The fourth-order valence-electron chi connectivity index (χ4n) is 4.03. The smallest absolute Gasteiger partial charge is 0.327 e. The van der Waals surface area contributed by atoms with Crippen LogP contribution in [0.3, 0.4) is 0 Å². The monoisotopic (exact) mass is 458 g/mol. The number of rotatable bonds is 4. The second-order valence-electron chi connectivity index (χ2n) is 7.99. The van der Waals surface area contributed by atoms with Crippen LogP contribution in [0.5, 0.6) is 0 Å². The molecule has 1 aliphatic rings. The zero-order valence-electron chi connectivity index (χ0n) is 18.4. The van der Waals surface area contributed by atoms with Crippen LogP contribution in [0.2, 0.25) is 0 Å². The number of hydrogen-bond donors (Lipinski definition) is 1. The van der Waals surface area contributed by atoms with Gasteiger partial charge in [0.15, 0.2) is 0 Å². The third kappa shape index (κ3) is 3.83. The Morgan fingerprint density at radius 2 is 1.76 bits per heavy atom. The molecule has 8 heteroatoms. The minimum absolute atomic E-state index is 0.170. The number of hydrogen-bond acceptors (Lipinski definition) is 4. The van der Waals surface area contributed by atoms with E-state index in [0.29, 0.717) is 28.1 Å². The Labute approximate surface area is 194 Å². The predicted molar refractivity (Wildman–Crippen MR) is 124 cm³/mol. The molecule has 2 amide bonds. The van der Waals surface area contributed by atoms with Crippen molar-refractivity contribution in [3.63, 3.8) is 0 Å². The first-order chi connectivity index (χ1) is 16.4. The van der Waals surface area contributed by atoms with E-state index >= 15 is 0 Å². The molecule has 1 aromatic heterocycles. The molecule has 34 heavy (non-hydrogen) atoms. The summed E-state index contributed by atoms with van der Waals surface area (Å²) in [6, 6.07) is 18.8. The maximum atomic E-state index is 14.3. The third-order valence-corrected chi connectivity index (χ3v) is 5.77.